The lowest BCUT2D eigenvalue weighted by molar-refractivity contribution is 0.535. The summed E-state index contributed by atoms with van der Waals surface area (Å²) in [7, 11) is 0. The molecule has 1 aromatic heterocycles. The Hall–Kier alpha value is -0.0800. The molecule has 1 rings (SSSR count). The SMILES string of the molecule is CCCCCCCCCCCCCCCCc1nccc(Br)c1Cl. The second kappa shape index (κ2) is 15.2. The van der Waals surface area contributed by atoms with Gasteiger partial charge in [0.25, 0.3) is 0 Å². The van der Waals surface area contributed by atoms with E-state index < -0.39 is 0 Å². The molecule has 0 aliphatic rings. The predicted octanol–water partition coefficient (Wildman–Crippen LogP) is 8.52. The van der Waals surface area contributed by atoms with Crippen LogP contribution < -0.4 is 0 Å². The summed E-state index contributed by atoms with van der Waals surface area (Å²) >= 11 is 9.70. The van der Waals surface area contributed by atoms with Crippen LogP contribution in [0.25, 0.3) is 0 Å². The maximum absolute atomic E-state index is 6.24. The van der Waals surface area contributed by atoms with Gasteiger partial charge in [-0.05, 0) is 34.8 Å². The van der Waals surface area contributed by atoms with Crippen LogP contribution in [0.5, 0.6) is 0 Å². The van der Waals surface area contributed by atoms with Crippen molar-refractivity contribution in [1.29, 1.82) is 0 Å². The molecular weight excluding hydrogens is 382 g/mol. The van der Waals surface area contributed by atoms with E-state index in [-0.39, 0.29) is 0 Å². The van der Waals surface area contributed by atoms with Crippen LogP contribution in [0.4, 0.5) is 0 Å². The zero-order valence-corrected chi connectivity index (χ0v) is 17.8. The lowest BCUT2D eigenvalue weighted by Gasteiger charge is -2.05. The summed E-state index contributed by atoms with van der Waals surface area (Å²) < 4.78 is 0.958. The van der Waals surface area contributed by atoms with E-state index >= 15 is 0 Å². The van der Waals surface area contributed by atoms with Crippen LogP contribution in [-0.2, 0) is 6.42 Å². The highest BCUT2D eigenvalue weighted by molar-refractivity contribution is 9.10. The molecule has 0 fully saturated rings. The van der Waals surface area contributed by atoms with Gasteiger partial charge in [0.15, 0.2) is 0 Å². The Labute approximate surface area is 163 Å². The molecule has 0 aliphatic heterocycles. The fourth-order valence-electron chi connectivity index (χ4n) is 3.12. The van der Waals surface area contributed by atoms with Crippen molar-refractivity contribution in [3.05, 3.63) is 27.5 Å². The molecule has 0 radical (unpaired) electrons. The minimum atomic E-state index is 0.784. The Kier molecular flexibility index (Phi) is 13.9. The lowest BCUT2D eigenvalue weighted by atomic mass is 10.0. The van der Waals surface area contributed by atoms with Crippen molar-refractivity contribution in [2.45, 2.75) is 103 Å². The molecule has 0 spiro atoms. The van der Waals surface area contributed by atoms with Gasteiger partial charge in [0.05, 0.1) is 10.7 Å². The maximum atomic E-state index is 6.24. The first kappa shape index (κ1) is 22.0. The topological polar surface area (TPSA) is 12.9 Å². The van der Waals surface area contributed by atoms with Crippen LogP contribution in [-0.4, -0.2) is 4.98 Å². The largest absolute Gasteiger partial charge is 0.260 e. The molecule has 138 valence electrons. The first-order valence-electron chi connectivity index (χ1n) is 10.0. The van der Waals surface area contributed by atoms with E-state index in [1.165, 1.54) is 89.9 Å². The molecule has 0 amide bonds. The van der Waals surface area contributed by atoms with Gasteiger partial charge in [-0.3, -0.25) is 4.98 Å². The highest BCUT2D eigenvalue weighted by Crippen LogP contribution is 2.25. The number of hydrogen-bond donors (Lipinski definition) is 0. The van der Waals surface area contributed by atoms with Gasteiger partial charge in [-0.1, -0.05) is 102 Å². The Morgan fingerprint density at radius 3 is 1.75 bits per heavy atom. The zero-order valence-electron chi connectivity index (χ0n) is 15.5. The average Bonchev–Trinajstić information content (AvgIpc) is 2.58. The molecule has 0 unspecified atom stereocenters. The molecule has 1 aromatic rings. The van der Waals surface area contributed by atoms with Crippen molar-refractivity contribution in [1.82, 2.24) is 4.98 Å². The summed E-state index contributed by atoms with van der Waals surface area (Å²) in [4.78, 5) is 4.38. The zero-order chi connectivity index (χ0) is 17.5. The fourth-order valence-corrected chi connectivity index (χ4v) is 3.67. The first-order valence-corrected chi connectivity index (χ1v) is 11.2. The number of aryl methyl sites for hydroxylation is 1. The summed E-state index contributed by atoms with van der Waals surface area (Å²) in [6, 6.07) is 1.90. The van der Waals surface area contributed by atoms with Crippen molar-refractivity contribution < 1.29 is 0 Å². The van der Waals surface area contributed by atoms with E-state index in [0.29, 0.717) is 0 Å². The molecule has 1 nitrogen and oxygen atoms in total. The number of rotatable bonds is 15. The van der Waals surface area contributed by atoms with Gasteiger partial charge >= 0.3 is 0 Å². The summed E-state index contributed by atoms with van der Waals surface area (Å²) in [5, 5.41) is 0.784. The van der Waals surface area contributed by atoms with Gasteiger partial charge in [-0.25, -0.2) is 0 Å². The van der Waals surface area contributed by atoms with Crippen LogP contribution in [0.1, 0.15) is 103 Å². The second-order valence-corrected chi connectivity index (χ2v) is 8.13. The van der Waals surface area contributed by atoms with Crippen LogP contribution in [0.3, 0.4) is 0 Å². The van der Waals surface area contributed by atoms with E-state index in [9.17, 15) is 0 Å². The predicted molar refractivity (Wildman–Crippen MR) is 111 cm³/mol. The standard InChI is InChI=1S/C21H35BrClN/c1-2-3-4-5-6-7-8-9-10-11-12-13-14-15-16-20-21(23)19(22)17-18-24-20/h17-18H,2-16H2,1H3. The van der Waals surface area contributed by atoms with Gasteiger partial charge in [-0.2, -0.15) is 0 Å². The van der Waals surface area contributed by atoms with Crippen molar-refractivity contribution in [2.75, 3.05) is 0 Å². The molecule has 0 atom stereocenters. The Morgan fingerprint density at radius 1 is 0.792 bits per heavy atom. The van der Waals surface area contributed by atoms with Gasteiger partial charge < -0.3 is 0 Å². The highest BCUT2D eigenvalue weighted by Gasteiger charge is 2.04. The summed E-state index contributed by atoms with van der Waals surface area (Å²) in [6.45, 7) is 2.28. The van der Waals surface area contributed by atoms with Crippen LogP contribution >= 0.6 is 27.5 Å². The molecule has 0 saturated heterocycles. The third-order valence-corrected chi connectivity index (χ3v) is 5.99. The monoisotopic (exact) mass is 415 g/mol. The fraction of sp³-hybridized carbons (Fsp3) is 0.762. The van der Waals surface area contributed by atoms with Crippen molar-refractivity contribution in [3.8, 4) is 0 Å². The minimum Gasteiger partial charge on any atom is -0.260 e. The third-order valence-electron chi connectivity index (χ3n) is 4.68. The van der Waals surface area contributed by atoms with Gasteiger partial charge in [0.1, 0.15) is 0 Å². The van der Waals surface area contributed by atoms with E-state index in [0.717, 1.165) is 21.6 Å². The second-order valence-electron chi connectivity index (χ2n) is 6.90. The number of aromatic nitrogens is 1. The van der Waals surface area contributed by atoms with Crippen molar-refractivity contribution in [3.63, 3.8) is 0 Å². The van der Waals surface area contributed by atoms with Crippen molar-refractivity contribution in [2.24, 2.45) is 0 Å². The molecule has 0 N–H and O–H groups in total. The number of nitrogens with zero attached hydrogens (tertiary/aromatic N) is 1. The van der Waals surface area contributed by atoms with E-state index in [2.05, 4.69) is 27.8 Å². The molecule has 1 heterocycles. The summed E-state index contributed by atoms with van der Waals surface area (Å²) in [6.07, 6.45) is 22.3. The van der Waals surface area contributed by atoms with Crippen LogP contribution in [0.15, 0.2) is 16.7 Å². The Bertz CT molecular complexity index is 422. The molecule has 24 heavy (non-hydrogen) atoms. The summed E-state index contributed by atoms with van der Waals surface area (Å²) in [5.41, 5.74) is 1.03. The summed E-state index contributed by atoms with van der Waals surface area (Å²) in [5.74, 6) is 0. The van der Waals surface area contributed by atoms with Crippen molar-refractivity contribution >= 4 is 27.5 Å². The molecule has 0 aliphatic carbocycles. The maximum Gasteiger partial charge on any atom is 0.0763 e. The van der Waals surface area contributed by atoms with E-state index in [1.54, 1.807) is 0 Å². The third kappa shape index (κ3) is 10.7. The van der Waals surface area contributed by atoms with Gasteiger partial charge in [0, 0.05) is 10.7 Å². The molecule has 0 bridgehead atoms. The molecule has 3 heteroatoms. The minimum absolute atomic E-state index is 0.784. The lowest BCUT2D eigenvalue weighted by Crippen LogP contribution is -1.92. The van der Waals surface area contributed by atoms with Crippen LogP contribution in [0.2, 0.25) is 5.02 Å². The smallest absolute Gasteiger partial charge is 0.0763 e. The number of hydrogen-bond acceptors (Lipinski definition) is 1. The van der Waals surface area contributed by atoms with E-state index in [1.807, 2.05) is 12.3 Å². The van der Waals surface area contributed by atoms with Gasteiger partial charge in [-0.15, -0.1) is 0 Å². The molecular formula is C21H35BrClN. The van der Waals surface area contributed by atoms with E-state index in [4.69, 9.17) is 11.6 Å². The molecule has 0 saturated carbocycles. The Morgan fingerprint density at radius 2 is 1.25 bits per heavy atom. The average molecular weight is 417 g/mol. The highest BCUT2D eigenvalue weighted by atomic mass is 79.9. The Balaban J connectivity index is 1.85. The number of unbranched alkanes of at least 4 members (excludes halogenated alkanes) is 13. The van der Waals surface area contributed by atoms with Crippen LogP contribution in [0, 0.1) is 0 Å². The number of halogens is 2. The normalized spacial score (nSPS) is 11.1. The number of pyridine rings is 1. The first-order chi connectivity index (χ1) is 11.8. The van der Waals surface area contributed by atoms with Gasteiger partial charge in [0.2, 0.25) is 0 Å². The molecule has 0 aromatic carbocycles. The quantitative estimate of drug-likeness (QED) is 0.261.